The first-order valence-electron chi connectivity index (χ1n) is 8.54. The summed E-state index contributed by atoms with van der Waals surface area (Å²) in [7, 11) is 0. The number of anilines is 2. The summed E-state index contributed by atoms with van der Waals surface area (Å²) in [5.74, 6) is 3.40. The van der Waals surface area contributed by atoms with Gasteiger partial charge in [0.05, 0.1) is 0 Å². The van der Waals surface area contributed by atoms with Crippen molar-refractivity contribution in [1.82, 2.24) is 39.2 Å². The van der Waals surface area contributed by atoms with E-state index in [4.69, 9.17) is 0 Å². The van der Waals surface area contributed by atoms with E-state index in [9.17, 15) is 0 Å². The first-order chi connectivity index (χ1) is 12.7. The summed E-state index contributed by atoms with van der Waals surface area (Å²) in [5.41, 5.74) is 1.74. The molecular weight excluding hydrogens is 332 g/mol. The van der Waals surface area contributed by atoms with Crippen LogP contribution in [0.4, 0.5) is 11.6 Å². The zero-order valence-electron chi connectivity index (χ0n) is 14.6. The Balaban J connectivity index is 1.43. The van der Waals surface area contributed by atoms with Crippen LogP contribution in [0.1, 0.15) is 11.5 Å². The maximum Gasteiger partial charge on any atom is 0.254 e. The SMILES string of the molecule is Cc1cc(N2CCN(c3nccn4c(C)nnc34)CC2)n2ncnc2n1. The molecule has 1 saturated heterocycles. The first kappa shape index (κ1) is 15.0. The predicted molar refractivity (Wildman–Crippen MR) is 95.5 cm³/mol. The summed E-state index contributed by atoms with van der Waals surface area (Å²) in [6.07, 6.45) is 5.24. The van der Waals surface area contributed by atoms with Gasteiger partial charge in [0.2, 0.25) is 5.65 Å². The lowest BCUT2D eigenvalue weighted by atomic mass is 10.3. The zero-order chi connectivity index (χ0) is 17.7. The molecule has 0 aromatic carbocycles. The smallest absolute Gasteiger partial charge is 0.254 e. The van der Waals surface area contributed by atoms with Crippen molar-refractivity contribution in [3.63, 3.8) is 0 Å². The number of nitrogens with zero attached hydrogens (tertiary/aromatic N) is 10. The standard InChI is InChI=1S/C16H18N10/c1-11-9-13(26-16(20-11)18-10-19-26)23-5-7-24(8-6-23)14-15-22-21-12(2)25(15)4-3-17-14/h3-4,9-10H,5-8H2,1-2H3. The minimum absolute atomic E-state index is 0.632. The molecule has 0 atom stereocenters. The lowest BCUT2D eigenvalue weighted by Gasteiger charge is -2.36. The van der Waals surface area contributed by atoms with E-state index < -0.39 is 0 Å². The molecule has 0 bridgehead atoms. The molecule has 0 N–H and O–H groups in total. The van der Waals surface area contributed by atoms with Gasteiger partial charge in [0.25, 0.3) is 5.78 Å². The van der Waals surface area contributed by atoms with Crippen LogP contribution >= 0.6 is 0 Å². The molecule has 0 amide bonds. The topological polar surface area (TPSA) is 92.6 Å². The number of hydrogen-bond acceptors (Lipinski definition) is 8. The molecule has 132 valence electrons. The van der Waals surface area contributed by atoms with Gasteiger partial charge in [-0.2, -0.15) is 14.6 Å². The second-order valence-corrected chi connectivity index (χ2v) is 6.39. The number of piperazine rings is 1. The Hall–Kier alpha value is -3.30. The fraction of sp³-hybridized carbons (Fsp3) is 0.375. The van der Waals surface area contributed by atoms with Crippen LogP contribution in [0.2, 0.25) is 0 Å². The molecule has 0 saturated carbocycles. The molecule has 10 nitrogen and oxygen atoms in total. The van der Waals surface area contributed by atoms with Gasteiger partial charge in [0, 0.05) is 50.3 Å². The Labute approximate surface area is 149 Å². The van der Waals surface area contributed by atoms with Crippen molar-refractivity contribution in [2.75, 3.05) is 36.0 Å². The van der Waals surface area contributed by atoms with Crippen molar-refractivity contribution in [2.24, 2.45) is 0 Å². The minimum atomic E-state index is 0.632. The van der Waals surface area contributed by atoms with E-state index in [1.54, 1.807) is 17.0 Å². The molecule has 5 heterocycles. The summed E-state index contributed by atoms with van der Waals surface area (Å²) >= 11 is 0. The number of aryl methyl sites for hydroxylation is 2. The normalized spacial score (nSPS) is 15.3. The van der Waals surface area contributed by atoms with Crippen molar-refractivity contribution in [1.29, 1.82) is 0 Å². The second kappa shape index (κ2) is 5.61. The molecule has 1 fully saturated rings. The third-order valence-corrected chi connectivity index (χ3v) is 4.74. The van der Waals surface area contributed by atoms with Gasteiger partial charge in [0.1, 0.15) is 18.0 Å². The van der Waals surface area contributed by atoms with Crippen LogP contribution in [0, 0.1) is 13.8 Å². The van der Waals surface area contributed by atoms with Crippen LogP contribution in [-0.2, 0) is 0 Å². The number of hydrogen-bond donors (Lipinski definition) is 0. The van der Waals surface area contributed by atoms with Gasteiger partial charge in [-0.1, -0.05) is 0 Å². The highest BCUT2D eigenvalue weighted by molar-refractivity contribution is 5.64. The second-order valence-electron chi connectivity index (χ2n) is 6.39. The number of aromatic nitrogens is 8. The van der Waals surface area contributed by atoms with Gasteiger partial charge < -0.3 is 9.80 Å². The Morgan fingerprint density at radius 3 is 2.62 bits per heavy atom. The van der Waals surface area contributed by atoms with Crippen LogP contribution in [0.25, 0.3) is 11.4 Å². The zero-order valence-corrected chi connectivity index (χ0v) is 14.6. The van der Waals surface area contributed by atoms with E-state index in [2.05, 4.69) is 46.1 Å². The highest BCUT2D eigenvalue weighted by Crippen LogP contribution is 2.22. The summed E-state index contributed by atoms with van der Waals surface area (Å²) in [6, 6.07) is 2.05. The highest BCUT2D eigenvalue weighted by Gasteiger charge is 2.23. The number of fused-ring (bicyclic) bond motifs is 2. The van der Waals surface area contributed by atoms with Gasteiger partial charge in [0.15, 0.2) is 5.82 Å². The molecule has 5 rings (SSSR count). The minimum Gasteiger partial charge on any atom is -0.353 e. The van der Waals surface area contributed by atoms with Gasteiger partial charge in [-0.3, -0.25) is 4.40 Å². The van der Waals surface area contributed by atoms with Gasteiger partial charge in [-0.05, 0) is 13.8 Å². The summed E-state index contributed by atoms with van der Waals surface area (Å²) in [5, 5.41) is 12.8. The largest absolute Gasteiger partial charge is 0.353 e. The molecule has 0 spiro atoms. The lowest BCUT2D eigenvalue weighted by molar-refractivity contribution is 0.633. The van der Waals surface area contributed by atoms with Crippen LogP contribution in [0.3, 0.4) is 0 Å². The molecule has 1 aliphatic heterocycles. The average molecular weight is 350 g/mol. The van der Waals surface area contributed by atoms with E-state index in [0.29, 0.717) is 5.78 Å². The third-order valence-electron chi connectivity index (χ3n) is 4.74. The average Bonchev–Trinajstić information content (AvgIpc) is 3.28. The van der Waals surface area contributed by atoms with Gasteiger partial charge in [-0.25, -0.2) is 9.97 Å². The van der Waals surface area contributed by atoms with Crippen LogP contribution in [0.15, 0.2) is 24.8 Å². The molecule has 10 heteroatoms. The van der Waals surface area contributed by atoms with Gasteiger partial charge in [-0.15, -0.1) is 10.2 Å². The monoisotopic (exact) mass is 350 g/mol. The fourth-order valence-corrected chi connectivity index (χ4v) is 3.44. The van der Waals surface area contributed by atoms with E-state index in [1.165, 1.54) is 0 Å². The van der Waals surface area contributed by atoms with E-state index in [0.717, 1.165) is 55.0 Å². The Morgan fingerprint density at radius 2 is 1.77 bits per heavy atom. The van der Waals surface area contributed by atoms with Crippen molar-refractivity contribution >= 4 is 23.1 Å². The Morgan fingerprint density at radius 1 is 0.962 bits per heavy atom. The van der Waals surface area contributed by atoms with Crippen molar-refractivity contribution < 1.29 is 0 Å². The van der Waals surface area contributed by atoms with Gasteiger partial charge >= 0.3 is 0 Å². The molecule has 4 aromatic heterocycles. The Bertz CT molecular complexity index is 1090. The van der Waals surface area contributed by atoms with Crippen molar-refractivity contribution in [2.45, 2.75) is 13.8 Å². The molecule has 0 unspecified atom stereocenters. The third kappa shape index (κ3) is 2.25. The first-order valence-corrected chi connectivity index (χ1v) is 8.54. The molecular formula is C16H18N10. The van der Waals surface area contributed by atoms with Crippen molar-refractivity contribution in [3.05, 3.63) is 36.3 Å². The quantitative estimate of drug-likeness (QED) is 0.516. The highest BCUT2D eigenvalue weighted by atomic mass is 15.4. The summed E-state index contributed by atoms with van der Waals surface area (Å²) in [6.45, 7) is 7.32. The van der Waals surface area contributed by atoms with Crippen LogP contribution in [-0.4, -0.2) is 65.3 Å². The maximum absolute atomic E-state index is 4.54. The predicted octanol–water partition coefficient (Wildman–Crippen LogP) is 0.505. The maximum atomic E-state index is 4.54. The summed E-state index contributed by atoms with van der Waals surface area (Å²) in [4.78, 5) is 17.7. The number of rotatable bonds is 2. The molecule has 0 radical (unpaired) electrons. The fourth-order valence-electron chi connectivity index (χ4n) is 3.44. The van der Waals surface area contributed by atoms with Crippen LogP contribution < -0.4 is 9.80 Å². The molecule has 26 heavy (non-hydrogen) atoms. The van der Waals surface area contributed by atoms with E-state index in [-0.39, 0.29) is 0 Å². The van der Waals surface area contributed by atoms with E-state index >= 15 is 0 Å². The Kier molecular flexibility index (Phi) is 3.24. The van der Waals surface area contributed by atoms with Crippen LogP contribution in [0.5, 0.6) is 0 Å². The summed E-state index contributed by atoms with van der Waals surface area (Å²) < 4.78 is 3.77. The van der Waals surface area contributed by atoms with Crippen molar-refractivity contribution in [3.8, 4) is 0 Å². The lowest BCUT2D eigenvalue weighted by Crippen LogP contribution is -2.47. The van der Waals surface area contributed by atoms with E-state index in [1.807, 2.05) is 24.4 Å². The molecule has 0 aliphatic carbocycles. The molecule has 1 aliphatic rings. The molecule has 4 aromatic rings.